The molecule has 1 aromatic carbocycles. The van der Waals surface area contributed by atoms with E-state index in [0.29, 0.717) is 24.7 Å². The molecule has 0 radical (unpaired) electrons. The number of hydrogen-bond acceptors (Lipinski definition) is 5. The summed E-state index contributed by atoms with van der Waals surface area (Å²) in [5.74, 6) is 0. The number of ether oxygens (including phenoxy) is 1. The number of hydrogen-bond donors (Lipinski definition) is 1. The summed E-state index contributed by atoms with van der Waals surface area (Å²) < 4.78 is 29.3. The molecule has 1 fully saturated rings. The molecule has 1 saturated heterocycles. The zero-order valence-electron chi connectivity index (χ0n) is 11.3. The highest BCUT2D eigenvalue weighted by Crippen LogP contribution is 2.27. The van der Waals surface area contributed by atoms with Crippen LogP contribution in [0.4, 0.5) is 5.69 Å². The molecule has 0 saturated carbocycles. The molecular weight excluding hydrogens is 264 g/mol. The SMILES string of the molecule is CNCC1COCCN1c1ccccc1S(C)(=O)=O. The predicted molar refractivity (Wildman–Crippen MR) is 75.4 cm³/mol. The highest BCUT2D eigenvalue weighted by molar-refractivity contribution is 7.90. The van der Waals surface area contributed by atoms with E-state index in [2.05, 4.69) is 10.2 Å². The van der Waals surface area contributed by atoms with E-state index in [9.17, 15) is 8.42 Å². The van der Waals surface area contributed by atoms with Crippen molar-refractivity contribution in [3.8, 4) is 0 Å². The van der Waals surface area contributed by atoms with Gasteiger partial charge in [-0.25, -0.2) is 8.42 Å². The lowest BCUT2D eigenvalue weighted by molar-refractivity contribution is 0.0941. The van der Waals surface area contributed by atoms with Crippen LogP contribution in [0.3, 0.4) is 0 Å². The van der Waals surface area contributed by atoms with Crippen LogP contribution in [0.2, 0.25) is 0 Å². The summed E-state index contributed by atoms with van der Waals surface area (Å²) in [7, 11) is -1.34. The highest BCUT2D eigenvalue weighted by atomic mass is 32.2. The standard InChI is InChI=1S/C13H20N2O3S/c1-14-9-11-10-18-8-7-15(11)12-5-3-4-6-13(12)19(2,16)17/h3-6,11,14H,7-10H2,1-2H3. The van der Waals surface area contributed by atoms with Crippen LogP contribution in [0, 0.1) is 0 Å². The zero-order valence-corrected chi connectivity index (χ0v) is 12.1. The van der Waals surface area contributed by atoms with Gasteiger partial charge in [-0.3, -0.25) is 0 Å². The first-order valence-corrected chi connectivity index (χ1v) is 8.21. The average molecular weight is 284 g/mol. The fourth-order valence-electron chi connectivity index (χ4n) is 2.38. The second-order valence-electron chi connectivity index (χ2n) is 4.72. The molecule has 0 bridgehead atoms. The highest BCUT2D eigenvalue weighted by Gasteiger charge is 2.26. The van der Waals surface area contributed by atoms with Gasteiger partial charge < -0.3 is 15.0 Å². The zero-order chi connectivity index (χ0) is 13.9. The van der Waals surface area contributed by atoms with Crippen LogP contribution in [0.5, 0.6) is 0 Å². The average Bonchev–Trinajstić information content (AvgIpc) is 2.39. The van der Waals surface area contributed by atoms with Crippen molar-refractivity contribution in [1.29, 1.82) is 0 Å². The number of nitrogens with zero attached hydrogens (tertiary/aromatic N) is 1. The van der Waals surface area contributed by atoms with Gasteiger partial charge in [0.2, 0.25) is 0 Å². The van der Waals surface area contributed by atoms with E-state index in [1.165, 1.54) is 6.26 Å². The Balaban J connectivity index is 2.39. The number of para-hydroxylation sites is 1. The summed E-state index contributed by atoms with van der Waals surface area (Å²) in [5.41, 5.74) is 0.772. The number of sulfone groups is 1. The van der Waals surface area contributed by atoms with E-state index in [4.69, 9.17) is 4.74 Å². The van der Waals surface area contributed by atoms with E-state index in [1.807, 2.05) is 19.2 Å². The molecule has 1 heterocycles. The molecule has 1 aliphatic rings. The number of morpholine rings is 1. The minimum Gasteiger partial charge on any atom is -0.377 e. The van der Waals surface area contributed by atoms with E-state index >= 15 is 0 Å². The summed E-state index contributed by atoms with van der Waals surface area (Å²) in [4.78, 5) is 2.51. The molecule has 0 aliphatic carbocycles. The van der Waals surface area contributed by atoms with Gasteiger partial charge in [0.25, 0.3) is 0 Å². The Labute approximate surface area is 114 Å². The summed E-state index contributed by atoms with van der Waals surface area (Å²) in [6.07, 6.45) is 1.25. The Morgan fingerprint density at radius 1 is 1.42 bits per heavy atom. The minimum absolute atomic E-state index is 0.154. The van der Waals surface area contributed by atoms with Crippen LogP contribution in [-0.4, -0.2) is 54.1 Å². The van der Waals surface area contributed by atoms with Crippen molar-refractivity contribution in [2.24, 2.45) is 0 Å². The Kier molecular flexibility index (Phi) is 4.44. The second kappa shape index (κ2) is 5.90. The second-order valence-corrected chi connectivity index (χ2v) is 6.70. The fourth-order valence-corrected chi connectivity index (χ4v) is 3.28. The molecular formula is C13H20N2O3S. The van der Waals surface area contributed by atoms with E-state index in [0.717, 1.165) is 12.2 Å². The van der Waals surface area contributed by atoms with E-state index in [-0.39, 0.29) is 6.04 Å². The maximum absolute atomic E-state index is 11.9. The van der Waals surface area contributed by atoms with Crippen LogP contribution in [-0.2, 0) is 14.6 Å². The Morgan fingerprint density at radius 3 is 2.84 bits per heavy atom. The Bertz CT molecular complexity index is 528. The monoisotopic (exact) mass is 284 g/mol. The van der Waals surface area contributed by atoms with E-state index in [1.54, 1.807) is 12.1 Å². The quantitative estimate of drug-likeness (QED) is 0.873. The molecule has 0 aromatic heterocycles. The maximum Gasteiger partial charge on any atom is 0.177 e. The van der Waals surface area contributed by atoms with Gasteiger partial charge in [-0.15, -0.1) is 0 Å². The summed E-state index contributed by atoms with van der Waals surface area (Å²) >= 11 is 0. The van der Waals surface area contributed by atoms with Gasteiger partial charge in [0.15, 0.2) is 9.84 Å². The first-order chi connectivity index (χ1) is 9.04. The largest absolute Gasteiger partial charge is 0.377 e. The summed E-state index contributed by atoms with van der Waals surface area (Å²) in [6.45, 7) is 2.70. The molecule has 106 valence electrons. The molecule has 0 amide bonds. The molecule has 1 N–H and O–H groups in total. The van der Waals surface area contributed by atoms with Crippen LogP contribution in [0.1, 0.15) is 0 Å². The third-order valence-electron chi connectivity index (χ3n) is 3.24. The Hall–Kier alpha value is -1.11. The van der Waals surface area contributed by atoms with Crippen molar-refractivity contribution in [3.05, 3.63) is 24.3 Å². The molecule has 6 heteroatoms. The lowest BCUT2D eigenvalue weighted by Crippen LogP contribution is -2.50. The van der Waals surface area contributed by atoms with Crippen LogP contribution < -0.4 is 10.2 Å². The Morgan fingerprint density at radius 2 is 2.16 bits per heavy atom. The normalized spacial score (nSPS) is 20.5. The van der Waals surface area contributed by atoms with Gasteiger partial charge in [-0.05, 0) is 19.2 Å². The lowest BCUT2D eigenvalue weighted by atomic mass is 10.2. The van der Waals surface area contributed by atoms with Gasteiger partial charge in [-0.1, -0.05) is 12.1 Å². The smallest absolute Gasteiger partial charge is 0.177 e. The van der Waals surface area contributed by atoms with Crippen molar-refractivity contribution < 1.29 is 13.2 Å². The third kappa shape index (κ3) is 3.26. The van der Waals surface area contributed by atoms with Crippen molar-refractivity contribution in [2.45, 2.75) is 10.9 Å². The third-order valence-corrected chi connectivity index (χ3v) is 4.39. The van der Waals surface area contributed by atoms with Gasteiger partial charge in [0, 0.05) is 19.3 Å². The van der Waals surface area contributed by atoms with Gasteiger partial charge in [0.05, 0.1) is 29.8 Å². The van der Waals surface area contributed by atoms with E-state index < -0.39 is 9.84 Å². The molecule has 0 spiro atoms. The maximum atomic E-state index is 11.9. The molecule has 2 rings (SSSR count). The fraction of sp³-hybridized carbons (Fsp3) is 0.538. The van der Waals surface area contributed by atoms with Gasteiger partial charge >= 0.3 is 0 Å². The summed E-state index contributed by atoms with van der Waals surface area (Å²) in [6, 6.07) is 7.31. The minimum atomic E-state index is -3.22. The van der Waals surface area contributed by atoms with Crippen molar-refractivity contribution >= 4 is 15.5 Å². The van der Waals surface area contributed by atoms with Crippen LogP contribution >= 0.6 is 0 Å². The predicted octanol–water partition coefficient (Wildman–Crippen LogP) is 0.515. The first kappa shape index (κ1) is 14.3. The molecule has 5 nitrogen and oxygen atoms in total. The molecule has 19 heavy (non-hydrogen) atoms. The number of likely N-dealkylation sites (N-methyl/N-ethyl adjacent to an activating group) is 1. The lowest BCUT2D eigenvalue weighted by Gasteiger charge is -2.38. The van der Waals surface area contributed by atoms with Crippen LogP contribution in [0.25, 0.3) is 0 Å². The van der Waals surface area contributed by atoms with Crippen LogP contribution in [0.15, 0.2) is 29.2 Å². The topological polar surface area (TPSA) is 58.6 Å². The molecule has 1 unspecified atom stereocenters. The number of nitrogens with one attached hydrogen (secondary N) is 1. The number of benzene rings is 1. The first-order valence-electron chi connectivity index (χ1n) is 6.32. The van der Waals surface area contributed by atoms with Gasteiger partial charge in [0.1, 0.15) is 0 Å². The summed E-state index contributed by atoms with van der Waals surface area (Å²) in [5, 5.41) is 3.12. The number of rotatable bonds is 4. The van der Waals surface area contributed by atoms with Crippen molar-refractivity contribution in [1.82, 2.24) is 5.32 Å². The van der Waals surface area contributed by atoms with Crippen molar-refractivity contribution in [3.63, 3.8) is 0 Å². The van der Waals surface area contributed by atoms with Crippen molar-refractivity contribution in [2.75, 3.05) is 44.5 Å². The van der Waals surface area contributed by atoms with Gasteiger partial charge in [-0.2, -0.15) is 0 Å². The number of anilines is 1. The molecule has 1 aliphatic heterocycles. The molecule has 1 atom stereocenters. The molecule has 1 aromatic rings.